The molecule has 1 aromatic heterocycles. The second kappa shape index (κ2) is 5.66. The van der Waals surface area contributed by atoms with Crippen LogP contribution in [0.25, 0.3) is 0 Å². The molecule has 2 aromatic rings. The summed E-state index contributed by atoms with van der Waals surface area (Å²) in [4.78, 5) is 12.1. The lowest BCUT2D eigenvalue weighted by molar-refractivity contribution is -0.116. The molecule has 1 heterocycles. The van der Waals surface area contributed by atoms with E-state index in [0.29, 0.717) is 5.69 Å². The van der Waals surface area contributed by atoms with Gasteiger partial charge in [0.2, 0.25) is 5.91 Å². The molecule has 0 saturated heterocycles. The molecule has 3 N–H and O–H groups in total. The summed E-state index contributed by atoms with van der Waals surface area (Å²) in [6.45, 7) is 5.80. The van der Waals surface area contributed by atoms with Crippen molar-refractivity contribution in [1.82, 2.24) is 9.78 Å². The zero-order valence-corrected chi connectivity index (χ0v) is 13.3. The van der Waals surface area contributed by atoms with Crippen LogP contribution in [-0.2, 0) is 11.3 Å². The highest BCUT2D eigenvalue weighted by Crippen LogP contribution is 2.25. The van der Waals surface area contributed by atoms with Crippen molar-refractivity contribution >= 4 is 33.2 Å². The highest BCUT2D eigenvalue weighted by molar-refractivity contribution is 9.10. The summed E-state index contributed by atoms with van der Waals surface area (Å²) >= 11 is 3.47. The van der Waals surface area contributed by atoms with E-state index in [9.17, 15) is 4.79 Å². The van der Waals surface area contributed by atoms with Crippen LogP contribution in [0.5, 0.6) is 0 Å². The van der Waals surface area contributed by atoms with Gasteiger partial charge in [0.05, 0.1) is 22.8 Å². The highest BCUT2D eigenvalue weighted by Gasteiger charge is 2.12. The molecule has 20 heavy (non-hydrogen) atoms. The summed E-state index contributed by atoms with van der Waals surface area (Å²) in [7, 11) is 0. The Bertz CT molecular complexity index is 663. The number of nitrogens with two attached hydrogens (primary N) is 1. The molecule has 0 radical (unpaired) electrons. The standard InChI is InChI=1S/C14H17BrN4O/c1-8-5-4-6-11(13(8)15)17-12(20)7-19-10(3)14(16)9(2)18-19/h4-6H,7,16H2,1-3H3,(H,17,20). The second-order valence-electron chi connectivity index (χ2n) is 4.73. The van der Waals surface area contributed by atoms with Crippen molar-refractivity contribution in [3.05, 3.63) is 39.6 Å². The lowest BCUT2D eigenvalue weighted by Gasteiger charge is -2.10. The number of amides is 1. The predicted octanol–water partition coefficient (Wildman–Crippen LogP) is 2.79. The van der Waals surface area contributed by atoms with Gasteiger partial charge in [0, 0.05) is 4.47 Å². The Kier molecular flexibility index (Phi) is 4.13. The van der Waals surface area contributed by atoms with Gasteiger partial charge < -0.3 is 11.1 Å². The zero-order valence-electron chi connectivity index (χ0n) is 11.7. The molecule has 0 unspecified atom stereocenters. The zero-order chi connectivity index (χ0) is 14.9. The number of halogens is 1. The molecule has 0 spiro atoms. The van der Waals surface area contributed by atoms with Gasteiger partial charge in [-0.25, -0.2) is 0 Å². The van der Waals surface area contributed by atoms with Gasteiger partial charge in [-0.2, -0.15) is 5.10 Å². The Labute approximate surface area is 126 Å². The normalized spacial score (nSPS) is 10.6. The van der Waals surface area contributed by atoms with Gasteiger partial charge in [-0.05, 0) is 48.3 Å². The van der Waals surface area contributed by atoms with Crippen LogP contribution in [0.3, 0.4) is 0 Å². The molecule has 0 saturated carbocycles. The number of carbonyl (C=O) groups excluding carboxylic acids is 1. The maximum absolute atomic E-state index is 12.1. The van der Waals surface area contributed by atoms with Crippen molar-refractivity contribution in [2.45, 2.75) is 27.3 Å². The van der Waals surface area contributed by atoms with E-state index >= 15 is 0 Å². The molecular weight excluding hydrogens is 320 g/mol. The van der Waals surface area contributed by atoms with Crippen LogP contribution >= 0.6 is 15.9 Å². The summed E-state index contributed by atoms with van der Waals surface area (Å²) < 4.78 is 2.50. The molecule has 1 aromatic carbocycles. The third kappa shape index (κ3) is 2.85. The van der Waals surface area contributed by atoms with E-state index in [0.717, 1.165) is 27.1 Å². The van der Waals surface area contributed by atoms with Crippen LogP contribution in [0.4, 0.5) is 11.4 Å². The third-order valence-corrected chi connectivity index (χ3v) is 4.25. The van der Waals surface area contributed by atoms with Crippen LogP contribution in [-0.4, -0.2) is 15.7 Å². The van der Waals surface area contributed by atoms with Crippen molar-refractivity contribution in [1.29, 1.82) is 0 Å². The number of rotatable bonds is 3. The number of nitrogens with one attached hydrogen (secondary N) is 1. The minimum absolute atomic E-state index is 0.137. The number of aromatic nitrogens is 2. The molecule has 6 heteroatoms. The fourth-order valence-electron chi connectivity index (χ4n) is 1.93. The first-order chi connectivity index (χ1) is 9.40. The first-order valence-electron chi connectivity index (χ1n) is 6.24. The van der Waals surface area contributed by atoms with Crippen molar-refractivity contribution in [3.63, 3.8) is 0 Å². The predicted molar refractivity (Wildman–Crippen MR) is 83.6 cm³/mol. The molecule has 2 rings (SSSR count). The van der Waals surface area contributed by atoms with Gasteiger partial charge in [0.15, 0.2) is 0 Å². The number of anilines is 2. The largest absolute Gasteiger partial charge is 0.396 e. The van der Waals surface area contributed by atoms with E-state index in [2.05, 4.69) is 26.3 Å². The molecule has 0 aliphatic heterocycles. The van der Waals surface area contributed by atoms with E-state index in [1.807, 2.05) is 39.0 Å². The van der Waals surface area contributed by atoms with Gasteiger partial charge in [0.1, 0.15) is 6.54 Å². The number of benzene rings is 1. The van der Waals surface area contributed by atoms with E-state index in [4.69, 9.17) is 5.73 Å². The maximum atomic E-state index is 12.1. The lowest BCUT2D eigenvalue weighted by atomic mass is 10.2. The lowest BCUT2D eigenvalue weighted by Crippen LogP contribution is -2.20. The van der Waals surface area contributed by atoms with Gasteiger partial charge in [0.25, 0.3) is 0 Å². The summed E-state index contributed by atoms with van der Waals surface area (Å²) in [6.07, 6.45) is 0. The first-order valence-corrected chi connectivity index (χ1v) is 7.04. The summed E-state index contributed by atoms with van der Waals surface area (Å²) in [5, 5.41) is 7.12. The Hall–Kier alpha value is -1.82. The second-order valence-corrected chi connectivity index (χ2v) is 5.52. The van der Waals surface area contributed by atoms with Crippen LogP contribution < -0.4 is 11.1 Å². The molecule has 0 fully saturated rings. The van der Waals surface area contributed by atoms with Crippen molar-refractivity contribution in [2.24, 2.45) is 0 Å². The van der Waals surface area contributed by atoms with Crippen LogP contribution in [0.1, 0.15) is 17.0 Å². The molecule has 0 aliphatic carbocycles. The van der Waals surface area contributed by atoms with E-state index in [-0.39, 0.29) is 12.5 Å². The monoisotopic (exact) mass is 336 g/mol. The fraction of sp³-hybridized carbons (Fsp3) is 0.286. The molecule has 0 atom stereocenters. The van der Waals surface area contributed by atoms with E-state index < -0.39 is 0 Å². The fourth-order valence-corrected chi connectivity index (χ4v) is 2.30. The van der Waals surface area contributed by atoms with Gasteiger partial charge in [-0.15, -0.1) is 0 Å². The Morgan fingerprint density at radius 3 is 2.70 bits per heavy atom. The molecule has 106 valence electrons. The number of nitrogens with zero attached hydrogens (tertiary/aromatic N) is 2. The van der Waals surface area contributed by atoms with Gasteiger partial charge >= 0.3 is 0 Å². The SMILES string of the molecule is Cc1cccc(NC(=O)Cn2nc(C)c(N)c2C)c1Br. The molecule has 0 aliphatic rings. The quantitative estimate of drug-likeness (QED) is 0.905. The highest BCUT2D eigenvalue weighted by atomic mass is 79.9. The van der Waals surface area contributed by atoms with Crippen LogP contribution in [0, 0.1) is 20.8 Å². The summed E-state index contributed by atoms with van der Waals surface area (Å²) in [5.41, 5.74) is 9.86. The average molecular weight is 337 g/mol. The first kappa shape index (κ1) is 14.6. The molecular formula is C14H17BrN4O. The Morgan fingerprint density at radius 2 is 2.10 bits per heavy atom. The average Bonchev–Trinajstić information content (AvgIpc) is 2.63. The van der Waals surface area contributed by atoms with E-state index in [1.54, 1.807) is 4.68 Å². The molecule has 0 bridgehead atoms. The number of hydrogen-bond donors (Lipinski definition) is 2. The van der Waals surface area contributed by atoms with Gasteiger partial charge in [-0.1, -0.05) is 12.1 Å². The minimum atomic E-state index is -0.137. The maximum Gasteiger partial charge on any atom is 0.246 e. The minimum Gasteiger partial charge on any atom is -0.396 e. The number of nitrogen functional groups attached to an aromatic ring is 1. The van der Waals surface area contributed by atoms with E-state index in [1.165, 1.54) is 0 Å². The smallest absolute Gasteiger partial charge is 0.246 e. The van der Waals surface area contributed by atoms with Crippen LogP contribution in [0.2, 0.25) is 0 Å². The summed E-state index contributed by atoms with van der Waals surface area (Å²) in [6, 6.07) is 5.73. The van der Waals surface area contributed by atoms with Crippen molar-refractivity contribution < 1.29 is 4.79 Å². The third-order valence-electron chi connectivity index (χ3n) is 3.20. The van der Waals surface area contributed by atoms with Crippen molar-refractivity contribution in [2.75, 3.05) is 11.1 Å². The number of aryl methyl sites for hydroxylation is 2. The molecule has 5 nitrogen and oxygen atoms in total. The Morgan fingerprint density at radius 1 is 1.40 bits per heavy atom. The number of carbonyl (C=O) groups is 1. The van der Waals surface area contributed by atoms with Gasteiger partial charge in [-0.3, -0.25) is 9.48 Å². The van der Waals surface area contributed by atoms with Crippen LogP contribution in [0.15, 0.2) is 22.7 Å². The van der Waals surface area contributed by atoms with Crippen molar-refractivity contribution in [3.8, 4) is 0 Å². The topological polar surface area (TPSA) is 72.9 Å². The summed E-state index contributed by atoms with van der Waals surface area (Å²) in [5.74, 6) is -0.137. The Balaban J connectivity index is 2.13. The molecule has 1 amide bonds. The number of hydrogen-bond acceptors (Lipinski definition) is 3.